The summed E-state index contributed by atoms with van der Waals surface area (Å²) < 4.78 is 1.26. The first kappa shape index (κ1) is 12.4. The number of anilines is 1. The van der Waals surface area contributed by atoms with Gasteiger partial charge in [-0.15, -0.1) is 0 Å². The first-order valence-corrected chi connectivity index (χ1v) is 6.95. The molecule has 0 aromatic heterocycles. The zero-order valence-corrected chi connectivity index (χ0v) is 12.0. The van der Waals surface area contributed by atoms with Crippen LogP contribution in [0.4, 0.5) is 5.69 Å². The Bertz CT molecular complexity index is 467. The third kappa shape index (κ3) is 3.22. The molecule has 2 rings (SSSR count). The lowest BCUT2D eigenvalue weighted by Crippen LogP contribution is -2.10. The van der Waals surface area contributed by atoms with E-state index >= 15 is 0 Å². The molecule has 1 nitrogen and oxygen atoms in total. The number of rotatable bonds is 4. The Kier molecular flexibility index (Phi) is 4.42. The van der Waals surface area contributed by atoms with Gasteiger partial charge in [-0.3, -0.25) is 0 Å². The van der Waals surface area contributed by atoms with Gasteiger partial charge in [0.05, 0.1) is 6.04 Å². The van der Waals surface area contributed by atoms with Crippen molar-refractivity contribution in [2.24, 2.45) is 0 Å². The highest BCUT2D eigenvalue weighted by Gasteiger charge is 2.09. The fourth-order valence-electron chi connectivity index (χ4n) is 1.87. The Balaban J connectivity index is 2.19. The number of hydrogen-bond acceptors (Lipinski definition) is 1. The summed E-state index contributed by atoms with van der Waals surface area (Å²) >= 11 is 2.37. The summed E-state index contributed by atoms with van der Waals surface area (Å²) in [6.07, 6.45) is 1.08. The molecule has 0 aliphatic rings. The minimum atomic E-state index is 0.382. The number of benzene rings is 2. The minimum Gasteiger partial charge on any atom is -0.377 e. The van der Waals surface area contributed by atoms with E-state index in [0.717, 1.165) is 6.42 Å². The van der Waals surface area contributed by atoms with Gasteiger partial charge >= 0.3 is 0 Å². The summed E-state index contributed by atoms with van der Waals surface area (Å²) in [7, 11) is 0. The largest absolute Gasteiger partial charge is 0.377 e. The fourth-order valence-corrected chi connectivity index (χ4v) is 2.42. The molecule has 0 aliphatic heterocycles. The monoisotopic (exact) mass is 337 g/mol. The molecule has 2 heteroatoms. The van der Waals surface area contributed by atoms with Gasteiger partial charge in [0, 0.05) is 9.26 Å². The summed E-state index contributed by atoms with van der Waals surface area (Å²) in [6, 6.07) is 19.4. The van der Waals surface area contributed by atoms with Crippen molar-refractivity contribution in [1.29, 1.82) is 0 Å². The zero-order valence-electron chi connectivity index (χ0n) is 9.86. The summed E-state index contributed by atoms with van der Waals surface area (Å²) in [5, 5.41) is 3.61. The smallest absolute Gasteiger partial charge is 0.0511 e. The van der Waals surface area contributed by atoms with Gasteiger partial charge < -0.3 is 5.32 Å². The van der Waals surface area contributed by atoms with Crippen LogP contribution in [0.15, 0.2) is 54.6 Å². The second-order valence-electron chi connectivity index (χ2n) is 4.00. The van der Waals surface area contributed by atoms with Crippen LogP contribution in [0.1, 0.15) is 24.9 Å². The van der Waals surface area contributed by atoms with Crippen LogP contribution in [-0.2, 0) is 0 Å². The van der Waals surface area contributed by atoms with Crippen LogP contribution in [0.3, 0.4) is 0 Å². The maximum atomic E-state index is 3.61. The van der Waals surface area contributed by atoms with Crippen molar-refractivity contribution in [3.63, 3.8) is 0 Å². The highest BCUT2D eigenvalue weighted by Crippen LogP contribution is 2.25. The molecule has 2 aromatic carbocycles. The van der Waals surface area contributed by atoms with E-state index in [-0.39, 0.29) is 0 Å². The van der Waals surface area contributed by atoms with Crippen LogP contribution in [0.5, 0.6) is 0 Å². The topological polar surface area (TPSA) is 12.0 Å². The van der Waals surface area contributed by atoms with Gasteiger partial charge in [0.2, 0.25) is 0 Å². The quantitative estimate of drug-likeness (QED) is 0.786. The molecule has 0 amide bonds. The number of halogens is 1. The maximum Gasteiger partial charge on any atom is 0.0511 e. The minimum absolute atomic E-state index is 0.382. The van der Waals surface area contributed by atoms with Crippen molar-refractivity contribution in [2.45, 2.75) is 19.4 Å². The predicted octanol–water partition coefficient (Wildman–Crippen LogP) is 4.85. The SMILES string of the molecule is CCC(Nc1ccccc1I)c1ccccc1. The second kappa shape index (κ2) is 6.05. The van der Waals surface area contributed by atoms with Crippen LogP contribution in [0, 0.1) is 3.57 Å². The zero-order chi connectivity index (χ0) is 12.1. The van der Waals surface area contributed by atoms with Crippen molar-refractivity contribution in [3.05, 3.63) is 63.7 Å². The van der Waals surface area contributed by atoms with Crippen LogP contribution < -0.4 is 5.32 Å². The van der Waals surface area contributed by atoms with E-state index in [9.17, 15) is 0 Å². The normalized spacial score (nSPS) is 12.1. The molecular weight excluding hydrogens is 321 g/mol. The van der Waals surface area contributed by atoms with Gasteiger partial charge in [-0.1, -0.05) is 49.4 Å². The van der Waals surface area contributed by atoms with Crippen LogP contribution in [-0.4, -0.2) is 0 Å². The van der Waals surface area contributed by atoms with Crippen molar-refractivity contribution < 1.29 is 0 Å². The van der Waals surface area contributed by atoms with Gasteiger partial charge in [0.25, 0.3) is 0 Å². The molecule has 0 bridgehead atoms. The summed E-state index contributed by atoms with van der Waals surface area (Å²) in [5.41, 5.74) is 2.55. The Hall–Kier alpha value is -1.03. The van der Waals surface area contributed by atoms with Gasteiger partial charge in [-0.2, -0.15) is 0 Å². The third-order valence-corrected chi connectivity index (χ3v) is 3.75. The van der Waals surface area contributed by atoms with Crippen molar-refractivity contribution >= 4 is 28.3 Å². The Morgan fingerprint density at radius 1 is 1.00 bits per heavy atom. The lowest BCUT2D eigenvalue weighted by molar-refractivity contribution is 0.749. The predicted molar refractivity (Wildman–Crippen MR) is 82.3 cm³/mol. The molecule has 88 valence electrons. The molecule has 17 heavy (non-hydrogen) atoms. The molecule has 0 spiro atoms. The standard InChI is InChI=1S/C15H16IN/c1-2-14(12-8-4-3-5-9-12)17-15-11-7-6-10-13(15)16/h3-11,14,17H,2H2,1H3. The van der Waals surface area contributed by atoms with Gasteiger partial charge in [0.1, 0.15) is 0 Å². The number of hydrogen-bond donors (Lipinski definition) is 1. The molecule has 0 heterocycles. The maximum absolute atomic E-state index is 3.61. The van der Waals surface area contributed by atoms with Crippen LogP contribution in [0.2, 0.25) is 0 Å². The van der Waals surface area contributed by atoms with E-state index in [1.165, 1.54) is 14.8 Å². The first-order chi connectivity index (χ1) is 8.31. The summed E-state index contributed by atoms with van der Waals surface area (Å²) in [6.45, 7) is 2.21. The van der Waals surface area contributed by atoms with E-state index in [2.05, 4.69) is 89.4 Å². The van der Waals surface area contributed by atoms with E-state index in [4.69, 9.17) is 0 Å². The fraction of sp³-hybridized carbons (Fsp3) is 0.200. The first-order valence-electron chi connectivity index (χ1n) is 5.87. The molecule has 1 N–H and O–H groups in total. The lowest BCUT2D eigenvalue weighted by Gasteiger charge is -2.19. The van der Waals surface area contributed by atoms with Crippen molar-refractivity contribution in [1.82, 2.24) is 0 Å². The second-order valence-corrected chi connectivity index (χ2v) is 5.16. The van der Waals surface area contributed by atoms with Crippen LogP contribution in [0.25, 0.3) is 0 Å². The van der Waals surface area contributed by atoms with E-state index in [0.29, 0.717) is 6.04 Å². The van der Waals surface area contributed by atoms with E-state index < -0.39 is 0 Å². The van der Waals surface area contributed by atoms with Crippen LogP contribution >= 0.6 is 22.6 Å². The van der Waals surface area contributed by atoms with Gasteiger partial charge in [0.15, 0.2) is 0 Å². The highest BCUT2D eigenvalue weighted by atomic mass is 127. The van der Waals surface area contributed by atoms with Crippen molar-refractivity contribution in [2.75, 3.05) is 5.32 Å². The molecule has 1 unspecified atom stereocenters. The molecular formula is C15H16IN. The van der Waals surface area contributed by atoms with Gasteiger partial charge in [-0.05, 0) is 46.7 Å². The number of nitrogens with one attached hydrogen (secondary N) is 1. The summed E-state index contributed by atoms with van der Waals surface area (Å²) in [4.78, 5) is 0. The Labute approximate surface area is 116 Å². The van der Waals surface area contributed by atoms with Crippen molar-refractivity contribution in [3.8, 4) is 0 Å². The van der Waals surface area contributed by atoms with E-state index in [1.54, 1.807) is 0 Å². The molecule has 0 saturated heterocycles. The number of para-hydroxylation sites is 1. The summed E-state index contributed by atoms with van der Waals surface area (Å²) in [5.74, 6) is 0. The third-order valence-electron chi connectivity index (χ3n) is 2.81. The Morgan fingerprint density at radius 2 is 1.65 bits per heavy atom. The molecule has 0 radical (unpaired) electrons. The molecule has 0 saturated carbocycles. The molecule has 0 fully saturated rings. The lowest BCUT2D eigenvalue weighted by atomic mass is 10.0. The van der Waals surface area contributed by atoms with E-state index in [1.807, 2.05) is 0 Å². The molecule has 1 atom stereocenters. The highest BCUT2D eigenvalue weighted by molar-refractivity contribution is 14.1. The average Bonchev–Trinajstić information content (AvgIpc) is 2.39. The molecule has 2 aromatic rings. The molecule has 0 aliphatic carbocycles. The Morgan fingerprint density at radius 3 is 2.29 bits per heavy atom. The average molecular weight is 337 g/mol. The van der Waals surface area contributed by atoms with Gasteiger partial charge in [-0.25, -0.2) is 0 Å².